The summed E-state index contributed by atoms with van der Waals surface area (Å²) in [5.74, 6) is -0.285. The highest BCUT2D eigenvalue weighted by Crippen LogP contribution is 2.35. The smallest absolute Gasteiger partial charge is 0.325 e. The molecular weight excluding hydrogens is 361 g/mol. The molecule has 24 heavy (non-hydrogen) atoms. The van der Waals surface area contributed by atoms with Crippen molar-refractivity contribution in [1.82, 2.24) is 4.98 Å². The van der Waals surface area contributed by atoms with Gasteiger partial charge in [0.25, 0.3) is 0 Å². The fourth-order valence-electron chi connectivity index (χ4n) is 1.84. The van der Waals surface area contributed by atoms with E-state index in [4.69, 9.17) is 11.6 Å². The minimum Gasteiger partial charge on any atom is -0.325 e. The number of aromatic nitrogens is 1. The first kappa shape index (κ1) is 18.6. The molecule has 1 aromatic heterocycles. The number of anilines is 1. The SMILES string of the molecule is Cc1ccccc1NC(=O)[C@@H](C)Sc1ncc(C(F)(F)F)cc1Cl. The summed E-state index contributed by atoms with van der Waals surface area (Å²) >= 11 is 6.85. The van der Waals surface area contributed by atoms with E-state index in [9.17, 15) is 18.0 Å². The molecule has 0 unspecified atom stereocenters. The lowest BCUT2D eigenvalue weighted by Crippen LogP contribution is -2.23. The molecule has 3 nitrogen and oxygen atoms in total. The Kier molecular flexibility index (Phi) is 5.77. The van der Waals surface area contributed by atoms with Crippen LogP contribution in [-0.4, -0.2) is 16.1 Å². The van der Waals surface area contributed by atoms with Crippen molar-refractivity contribution in [1.29, 1.82) is 0 Å². The van der Waals surface area contributed by atoms with Gasteiger partial charge in [0.15, 0.2) is 0 Å². The zero-order chi connectivity index (χ0) is 17.9. The summed E-state index contributed by atoms with van der Waals surface area (Å²) in [5.41, 5.74) is 0.670. The van der Waals surface area contributed by atoms with Crippen LogP contribution in [0.4, 0.5) is 18.9 Å². The van der Waals surface area contributed by atoms with Gasteiger partial charge in [0.2, 0.25) is 5.91 Å². The van der Waals surface area contributed by atoms with E-state index in [0.717, 1.165) is 23.4 Å². The number of carbonyl (C=O) groups is 1. The molecule has 1 aromatic carbocycles. The number of hydrogen-bond acceptors (Lipinski definition) is 3. The van der Waals surface area contributed by atoms with Gasteiger partial charge in [-0.2, -0.15) is 13.2 Å². The second-order valence-electron chi connectivity index (χ2n) is 5.07. The number of alkyl halides is 3. The third kappa shape index (κ3) is 4.64. The van der Waals surface area contributed by atoms with Crippen LogP contribution in [0.3, 0.4) is 0 Å². The number of amides is 1. The highest BCUT2D eigenvalue weighted by atomic mass is 35.5. The maximum absolute atomic E-state index is 12.6. The number of carbonyl (C=O) groups excluding carboxylic acids is 1. The number of pyridine rings is 1. The molecule has 0 spiro atoms. The summed E-state index contributed by atoms with van der Waals surface area (Å²) in [6.45, 7) is 3.50. The summed E-state index contributed by atoms with van der Waals surface area (Å²) in [5, 5.41) is 2.24. The average molecular weight is 375 g/mol. The third-order valence-electron chi connectivity index (χ3n) is 3.20. The predicted molar refractivity (Wildman–Crippen MR) is 89.4 cm³/mol. The molecule has 1 heterocycles. The van der Waals surface area contributed by atoms with Crippen LogP contribution in [0.1, 0.15) is 18.1 Å². The van der Waals surface area contributed by atoms with Crippen LogP contribution in [0.25, 0.3) is 0 Å². The molecule has 0 aliphatic heterocycles. The molecule has 0 radical (unpaired) electrons. The molecule has 128 valence electrons. The van der Waals surface area contributed by atoms with Gasteiger partial charge in [0.1, 0.15) is 5.03 Å². The Hall–Kier alpha value is -1.73. The zero-order valence-electron chi connectivity index (χ0n) is 12.8. The highest BCUT2D eigenvalue weighted by Gasteiger charge is 2.32. The van der Waals surface area contributed by atoms with Gasteiger partial charge in [-0.05, 0) is 31.5 Å². The Labute approximate surface area is 146 Å². The van der Waals surface area contributed by atoms with Crippen LogP contribution in [0.15, 0.2) is 41.6 Å². The van der Waals surface area contributed by atoms with E-state index >= 15 is 0 Å². The summed E-state index contributed by atoms with van der Waals surface area (Å²) in [6, 6.07) is 8.10. The number of halogens is 4. The van der Waals surface area contributed by atoms with Gasteiger partial charge < -0.3 is 5.32 Å². The van der Waals surface area contributed by atoms with Crippen LogP contribution in [0.5, 0.6) is 0 Å². The standard InChI is InChI=1S/C16H14ClF3N2OS/c1-9-5-3-4-6-13(9)22-14(23)10(2)24-15-12(17)7-11(8-21-15)16(18,19)20/h3-8,10H,1-2H3,(H,22,23)/t10-/m1/s1. The zero-order valence-corrected chi connectivity index (χ0v) is 14.4. The van der Waals surface area contributed by atoms with Gasteiger partial charge in [-0.3, -0.25) is 4.79 Å². The maximum Gasteiger partial charge on any atom is 0.417 e. The molecule has 0 aliphatic rings. The van der Waals surface area contributed by atoms with Crippen LogP contribution in [0.2, 0.25) is 5.02 Å². The van der Waals surface area contributed by atoms with Crippen molar-refractivity contribution in [2.24, 2.45) is 0 Å². The number of nitrogens with one attached hydrogen (secondary N) is 1. The van der Waals surface area contributed by atoms with E-state index in [-0.39, 0.29) is 16.0 Å². The molecule has 0 saturated heterocycles. The Morgan fingerprint density at radius 1 is 1.33 bits per heavy atom. The molecule has 1 amide bonds. The number of para-hydroxylation sites is 1. The molecule has 0 saturated carbocycles. The largest absolute Gasteiger partial charge is 0.417 e. The fourth-order valence-corrected chi connectivity index (χ4v) is 2.92. The van der Waals surface area contributed by atoms with Crippen molar-refractivity contribution in [2.45, 2.75) is 30.3 Å². The fraction of sp³-hybridized carbons (Fsp3) is 0.250. The van der Waals surface area contributed by atoms with E-state index in [2.05, 4.69) is 10.3 Å². The Bertz CT molecular complexity index is 752. The van der Waals surface area contributed by atoms with Crippen LogP contribution in [0, 0.1) is 6.92 Å². The topological polar surface area (TPSA) is 42.0 Å². The lowest BCUT2D eigenvalue weighted by atomic mass is 10.2. The lowest BCUT2D eigenvalue weighted by molar-refractivity contribution is -0.137. The molecule has 2 rings (SSSR count). The van der Waals surface area contributed by atoms with Crippen molar-refractivity contribution in [3.63, 3.8) is 0 Å². The minimum absolute atomic E-state index is 0.134. The number of thioether (sulfide) groups is 1. The van der Waals surface area contributed by atoms with Gasteiger partial charge in [-0.1, -0.05) is 41.6 Å². The summed E-state index contributed by atoms with van der Waals surface area (Å²) in [7, 11) is 0. The summed E-state index contributed by atoms with van der Waals surface area (Å²) in [6.07, 6.45) is -3.80. The predicted octanol–water partition coefficient (Wildman–Crippen LogP) is 5.18. The molecule has 0 bridgehead atoms. The van der Waals surface area contributed by atoms with Crippen molar-refractivity contribution >= 4 is 35.0 Å². The molecular formula is C16H14ClF3N2OS. The molecule has 0 aliphatic carbocycles. The van der Waals surface area contributed by atoms with Gasteiger partial charge in [0, 0.05) is 11.9 Å². The van der Waals surface area contributed by atoms with Gasteiger partial charge in [-0.25, -0.2) is 4.98 Å². The van der Waals surface area contributed by atoms with Gasteiger partial charge >= 0.3 is 6.18 Å². The first-order chi connectivity index (χ1) is 11.2. The maximum atomic E-state index is 12.6. The first-order valence-corrected chi connectivity index (χ1v) is 8.20. The number of benzene rings is 1. The monoisotopic (exact) mass is 374 g/mol. The van der Waals surface area contributed by atoms with Crippen molar-refractivity contribution < 1.29 is 18.0 Å². The average Bonchev–Trinajstić information content (AvgIpc) is 2.50. The summed E-state index contributed by atoms with van der Waals surface area (Å²) < 4.78 is 37.8. The van der Waals surface area contributed by atoms with Crippen LogP contribution >= 0.6 is 23.4 Å². The highest BCUT2D eigenvalue weighted by molar-refractivity contribution is 8.00. The van der Waals surface area contributed by atoms with Crippen molar-refractivity contribution in [3.05, 3.63) is 52.7 Å². The Morgan fingerprint density at radius 3 is 2.58 bits per heavy atom. The second kappa shape index (κ2) is 7.44. The number of rotatable bonds is 4. The van der Waals surface area contributed by atoms with E-state index in [0.29, 0.717) is 11.9 Å². The van der Waals surface area contributed by atoms with E-state index < -0.39 is 17.0 Å². The van der Waals surface area contributed by atoms with E-state index in [1.807, 2.05) is 19.1 Å². The molecule has 1 N–H and O–H groups in total. The first-order valence-electron chi connectivity index (χ1n) is 6.94. The normalized spacial score (nSPS) is 12.8. The second-order valence-corrected chi connectivity index (χ2v) is 6.81. The van der Waals surface area contributed by atoms with E-state index in [1.54, 1.807) is 19.1 Å². The van der Waals surface area contributed by atoms with Gasteiger partial charge in [-0.15, -0.1) is 0 Å². The Balaban J connectivity index is 2.08. The number of aryl methyl sites for hydroxylation is 1. The third-order valence-corrected chi connectivity index (χ3v) is 4.71. The Morgan fingerprint density at radius 2 is 2.00 bits per heavy atom. The van der Waals surface area contributed by atoms with Crippen LogP contribution in [-0.2, 0) is 11.0 Å². The quantitative estimate of drug-likeness (QED) is 0.749. The summed E-state index contributed by atoms with van der Waals surface area (Å²) in [4.78, 5) is 15.9. The van der Waals surface area contributed by atoms with Crippen molar-refractivity contribution in [3.8, 4) is 0 Å². The van der Waals surface area contributed by atoms with Crippen molar-refractivity contribution in [2.75, 3.05) is 5.32 Å². The van der Waals surface area contributed by atoms with Crippen LogP contribution < -0.4 is 5.32 Å². The number of hydrogen-bond donors (Lipinski definition) is 1. The number of nitrogens with zero attached hydrogens (tertiary/aromatic N) is 1. The molecule has 2 aromatic rings. The molecule has 0 fully saturated rings. The van der Waals surface area contributed by atoms with E-state index in [1.165, 1.54) is 0 Å². The molecule has 1 atom stereocenters. The molecule has 8 heteroatoms. The van der Waals surface area contributed by atoms with Gasteiger partial charge in [0.05, 0.1) is 15.8 Å². The minimum atomic E-state index is -4.51. The lowest BCUT2D eigenvalue weighted by Gasteiger charge is -2.14.